The van der Waals surface area contributed by atoms with Crippen molar-refractivity contribution in [3.8, 4) is 0 Å². The highest BCUT2D eigenvalue weighted by Gasteiger charge is 1.98. The summed E-state index contributed by atoms with van der Waals surface area (Å²) in [5, 5.41) is 8.62. The molecule has 0 saturated carbocycles. The Morgan fingerprint density at radius 2 is 2.27 bits per heavy atom. The van der Waals surface area contributed by atoms with Crippen LogP contribution in [-0.2, 0) is 12.8 Å². The van der Waals surface area contributed by atoms with E-state index in [1.807, 2.05) is 6.07 Å². The van der Waals surface area contributed by atoms with E-state index >= 15 is 0 Å². The molecule has 0 aromatic carbocycles. The van der Waals surface area contributed by atoms with Crippen LogP contribution in [-0.4, -0.2) is 11.7 Å². The van der Waals surface area contributed by atoms with Crippen LogP contribution in [0.4, 0.5) is 0 Å². The average molecular weight is 154 g/mol. The molecule has 0 radical (unpaired) electrons. The van der Waals surface area contributed by atoms with E-state index < -0.39 is 0 Å². The Bertz CT molecular complexity index is 183. The predicted molar refractivity (Wildman–Crippen MR) is 43.5 cm³/mol. The lowest BCUT2D eigenvalue weighted by molar-refractivity contribution is 0.299. The number of aliphatic hydroxyl groups excluding tert-OH is 1. The van der Waals surface area contributed by atoms with Crippen LogP contribution in [0.25, 0.3) is 0 Å². The van der Waals surface area contributed by atoms with Crippen LogP contribution >= 0.6 is 0 Å². The Balaban J connectivity index is 2.51. The van der Waals surface area contributed by atoms with Crippen molar-refractivity contribution in [2.45, 2.75) is 26.2 Å². The van der Waals surface area contributed by atoms with Gasteiger partial charge in [-0.1, -0.05) is 6.92 Å². The zero-order valence-electron chi connectivity index (χ0n) is 6.84. The molecule has 1 heterocycles. The van der Waals surface area contributed by atoms with Crippen molar-refractivity contribution in [3.05, 3.63) is 23.7 Å². The molecule has 62 valence electrons. The molecule has 1 aromatic heterocycles. The largest absolute Gasteiger partial charge is 0.469 e. The second-order valence-corrected chi connectivity index (χ2v) is 2.64. The first-order chi connectivity index (χ1) is 5.36. The van der Waals surface area contributed by atoms with Crippen molar-refractivity contribution in [2.24, 2.45) is 0 Å². The SMILES string of the molecule is CCCc1cc(CCO)co1. The maximum atomic E-state index is 8.62. The van der Waals surface area contributed by atoms with E-state index in [0.717, 1.165) is 24.2 Å². The molecule has 0 spiro atoms. The maximum absolute atomic E-state index is 8.62. The van der Waals surface area contributed by atoms with Gasteiger partial charge in [-0.3, -0.25) is 0 Å². The minimum Gasteiger partial charge on any atom is -0.469 e. The van der Waals surface area contributed by atoms with Gasteiger partial charge in [0.1, 0.15) is 5.76 Å². The van der Waals surface area contributed by atoms with Crippen molar-refractivity contribution in [1.29, 1.82) is 0 Å². The third-order valence-electron chi connectivity index (χ3n) is 1.60. The van der Waals surface area contributed by atoms with Gasteiger partial charge in [0.15, 0.2) is 0 Å². The Kier molecular flexibility index (Phi) is 3.17. The van der Waals surface area contributed by atoms with Gasteiger partial charge in [0.25, 0.3) is 0 Å². The molecule has 0 bridgehead atoms. The van der Waals surface area contributed by atoms with Gasteiger partial charge in [-0.25, -0.2) is 0 Å². The minimum absolute atomic E-state index is 0.200. The van der Waals surface area contributed by atoms with E-state index in [1.165, 1.54) is 0 Å². The molecule has 0 unspecified atom stereocenters. The summed E-state index contributed by atoms with van der Waals surface area (Å²) in [5.74, 6) is 1.02. The standard InChI is InChI=1S/C9H14O2/c1-2-3-9-6-8(4-5-10)7-11-9/h6-7,10H,2-5H2,1H3. The lowest BCUT2D eigenvalue weighted by Gasteiger charge is -1.87. The third kappa shape index (κ3) is 2.39. The third-order valence-corrected chi connectivity index (χ3v) is 1.60. The van der Waals surface area contributed by atoms with Gasteiger partial charge in [-0.05, 0) is 24.5 Å². The minimum atomic E-state index is 0.200. The van der Waals surface area contributed by atoms with Gasteiger partial charge in [0.05, 0.1) is 6.26 Å². The number of aryl methyl sites for hydroxylation is 1. The number of aliphatic hydroxyl groups is 1. The summed E-state index contributed by atoms with van der Waals surface area (Å²) in [6.07, 6.45) is 4.52. The van der Waals surface area contributed by atoms with E-state index in [0.29, 0.717) is 6.42 Å². The quantitative estimate of drug-likeness (QED) is 0.717. The number of rotatable bonds is 4. The molecule has 0 saturated heterocycles. The molecule has 0 amide bonds. The van der Waals surface area contributed by atoms with E-state index in [9.17, 15) is 0 Å². The normalized spacial score (nSPS) is 10.4. The van der Waals surface area contributed by atoms with Gasteiger partial charge in [-0.2, -0.15) is 0 Å². The maximum Gasteiger partial charge on any atom is 0.104 e. The molecule has 2 nitrogen and oxygen atoms in total. The van der Waals surface area contributed by atoms with Gasteiger partial charge < -0.3 is 9.52 Å². The highest BCUT2D eigenvalue weighted by atomic mass is 16.3. The van der Waals surface area contributed by atoms with Crippen LogP contribution in [0.5, 0.6) is 0 Å². The predicted octanol–water partition coefficient (Wildman–Crippen LogP) is 1.77. The fraction of sp³-hybridized carbons (Fsp3) is 0.556. The van der Waals surface area contributed by atoms with Gasteiger partial charge >= 0.3 is 0 Å². The van der Waals surface area contributed by atoms with Crippen molar-refractivity contribution in [1.82, 2.24) is 0 Å². The first kappa shape index (κ1) is 8.34. The van der Waals surface area contributed by atoms with Crippen molar-refractivity contribution >= 4 is 0 Å². The number of hydrogen-bond acceptors (Lipinski definition) is 2. The summed E-state index contributed by atoms with van der Waals surface area (Å²) in [6, 6.07) is 2.01. The second kappa shape index (κ2) is 4.19. The molecule has 0 aliphatic carbocycles. The van der Waals surface area contributed by atoms with Crippen LogP contribution in [0, 0.1) is 0 Å². The van der Waals surface area contributed by atoms with Crippen LogP contribution in [0.15, 0.2) is 16.7 Å². The van der Waals surface area contributed by atoms with Crippen LogP contribution < -0.4 is 0 Å². The van der Waals surface area contributed by atoms with E-state index in [4.69, 9.17) is 9.52 Å². The van der Waals surface area contributed by atoms with E-state index in [2.05, 4.69) is 6.92 Å². The van der Waals surface area contributed by atoms with Crippen molar-refractivity contribution < 1.29 is 9.52 Å². The summed E-state index contributed by atoms with van der Waals surface area (Å²) in [4.78, 5) is 0. The number of furan rings is 1. The molecule has 1 N–H and O–H groups in total. The molecule has 0 aliphatic rings. The molecular weight excluding hydrogens is 140 g/mol. The lowest BCUT2D eigenvalue weighted by atomic mass is 10.2. The summed E-state index contributed by atoms with van der Waals surface area (Å²) in [7, 11) is 0. The van der Waals surface area contributed by atoms with E-state index in [-0.39, 0.29) is 6.61 Å². The van der Waals surface area contributed by atoms with E-state index in [1.54, 1.807) is 6.26 Å². The number of hydrogen-bond donors (Lipinski definition) is 1. The van der Waals surface area contributed by atoms with Crippen LogP contribution in [0.1, 0.15) is 24.7 Å². The zero-order chi connectivity index (χ0) is 8.10. The van der Waals surface area contributed by atoms with Gasteiger partial charge in [0, 0.05) is 13.0 Å². The topological polar surface area (TPSA) is 33.4 Å². The molecular formula is C9H14O2. The molecule has 1 aromatic rings. The first-order valence-corrected chi connectivity index (χ1v) is 4.04. The molecule has 0 atom stereocenters. The van der Waals surface area contributed by atoms with Crippen LogP contribution in [0.3, 0.4) is 0 Å². The Labute approximate surface area is 66.8 Å². The summed E-state index contributed by atoms with van der Waals surface area (Å²) < 4.78 is 5.25. The Morgan fingerprint density at radius 3 is 2.91 bits per heavy atom. The fourth-order valence-corrected chi connectivity index (χ4v) is 1.06. The van der Waals surface area contributed by atoms with Gasteiger partial charge in [-0.15, -0.1) is 0 Å². The lowest BCUT2D eigenvalue weighted by Crippen LogP contribution is -1.86. The zero-order valence-corrected chi connectivity index (χ0v) is 6.84. The molecule has 1 rings (SSSR count). The summed E-state index contributed by atoms with van der Waals surface area (Å²) in [5.41, 5.74) is 1.09. The Hall–Kier alpha value is -0.760. The van der Waals surface area contributed by atoms with Crippen LogP contribution in [0.2, 0.25) is 0 Å². The summed E-state index contributed by atoms with van der Waals surface area (Å²) in [6.45, 7) is 2.32. The summed E-state index contributed by atoms with van der Waals surface area (Å²) >= 11 is 0. The van der Waals surface area contributed by atoms with Crippen molar-refractivity contribution in [2.75, 3.05) is 6.61 Å². The smallest absolute Gasteiger partial charge is 0.104 e. The first-order valence-electron chi connectivity index (χ1n) is 4.04. The highest BCUT2D eigenvalue weighted by molar-refractivity contribution is 5.12. The molecule has 11 heavy (non-hydrogen) atoms. The monoisotopic (exact) mass is 154 g/mol. The molecule has 0 fully saturated rings. The fourth-order valence-electron chi connectivity index (χ4n) is 1.06. The Morgan fingerprint density at radius 1 is 1.45 bits per heavy atom. The second-order valence-electron chi connectivity index (χ2n) is 2.64. The van der Waals surface area contributed by atoms with Crippen molar-refractivity contribution in [3.63, 3.8) is 0 Å². The molecule has 2 heteroatoms. The average Bonchev–Trinajstić information content (AvgIpc) is 2.38. The molecule has 0 aliphatic heterocycles. The van der Waals surface area contributed by atoms with Gasteiger partial charge in [0.2, 0.25) is 0 Å². The highest BCUT2D eigenvalue weighted by Crippen LogP contribution is 2.09.